The first-order valence-electron chi connectivity index (χ1n) is 8.45. The summed E-state index contributed by atoms with van der Waals surface area (Å²) in [7, 11) is 0. The predicted octanol–water partition coefficient (Wildman–Crippen LogP) is 3.34. The van der Waals surface area contributed by atoms with Crippen molar-refractivity contribution in [2.45, 2.75) is 6.10 Å². The highest BCUT2D eigenvalue weighted by molar-refractivity contribution is 14.1. The van der Waals surface area contributed by atoms with Gasteiger partial charge in [-0.05, 0) is 46.9 Å². The molecule has 1 aromatic carbocycles. The van der Waals surface area contributed by atoms with E-state index in [0.717, 1.165) is 8.47 Å². The number of aromatic nitrogens is 1. The van der Waals surface area contributed by atoms with Crippen LogP contribution in [0.3, 0.4) is 0 Å². The molecule has 0 aliphatic carbocycles. The lowest BCUT2D eigenvalue weighted by molar-refractivity contribution is -0.0816. The van der Waals surface area contributed by atoms with Gasteiger partial charge < -0.3 is 19.7 Å². The molecule has 1 fully saturated rings. The number of carboxylic acid groups (broad SMARTS) is 1. The summed E-state index contributed by atoms with van der Waals surface area (Å²) in [6.07, 6.45) is 1.51. The predicted molar refractivity (Wildman–Crippen MR) is 108 cm³/mol. The minimum Gasteiger partial charge on any atom is -0.465 e. The lowest BCUT2D eigenvalue weighted by Crippen LogP contribution is -2.56. The van der Waals surface area contributed by atoms with Crippen LogP contribution in [0.4, 0.5) is 20.6 Å². The Hall–Kier alpha value is -2.93. The van der Waals surface area contributed by atoms with E-state index in [1.54, 1.807) is 18.2 Å². The molecule has 4 rings (SSSR count). The maximum atomic E-state index is 14.3. The summed E-state index contributed by atoms with van der Waals surface area (Å²) in [5.74, 6) is -1.29. The Balaban J connectivity index is 1.56. The van der Waals surface area contributed by atoms with Crippen LogP contribution >= 0.6 is 22.6 Å². The molecule has 3 heterocycles. The number of fused-ring (bicyclic) bond motifs is 1. The number of hydrogen-bond donors (Lipinski definition) is 3. The molecule has 1 saturated heterocycles. The van der Waals surface area contributed by atoms with Crippen molar-refractivity contribution in [2.24, 2.45) is 0 Å². The molecule has 0 radical (unpaired) electrons. The van der Waals surface area contributed by atoms with E-state index in [2.05, 4.69) is 15.8 Å². The average molecular weight is 512 g/mol. The van der Waals surface area contributed by atoms with E-state index in [1.165, 1.54) is 18.5 Å². The molecule has 9 nitrogen and oxygen atoms in total. The number of pyridine rings is 1. The van der Waals surface area contributed by atoms with Crippen LogP contribution < -0.4 is 10.8 Å². The number of halogens is 2. The first-order valence-corrected chi connectivity index (χ1v) is 9.52. The summed E-state index contributed by atoms with van der Waals surface area (Å²) in [6, 6.07) is 6.22. The summed E-state index contributed by atoms with van der Waals surface area (Å²) in [5.41, 5.74) is 3.07. The van der Waals surface area contributed by atoms with Crippen LogP contribution in [0.2, 0.25) is 0 Å². The van der Waals surface area contributed by atoms with E-state index in [4.69, 9.17) is 14.4 Å². The van der Waals surface area contributed by atoms with Crippen LogP contribution in [0.5, 0.6) is 0 Å². The molecular formula is C18H14FIN4O5. The van der Waals surface area contributed by atoms with Crippen molar-refractivity contribution in [2.75, 3.05) is 18.4 Å². The Morgan fingerprint density at radius 2 is 2.14 bits per heavy atom. The van der Waals surface area contributed by atoms with E-state index in [-0.39, 0.29) is 30.2 Å². The number of hydrogen-bond acceptors (Lipinski definition) is 6. The van der Waals surface area contributed by atoms with Crippen LogP contribution in [0.15, 0.2) is 41.1 Å². The number of carbonyl (C=O) groups is 2. The normalized spacial score (nSPS) is 13.9. The molecule has 2 aromatic heterocycles. The maximum absolute atomic E-state index is 14.3. The maximum Gasteiger partial charge on any atom is 0.407 e. The molecule has 0 unspecified atom stereocenters. The summed E-state index contributed by atoms with van der Waals surface area (Å²) < 4.78 is 20.6. The summed E-state index contributed by atoms with van der Waals surface area (Å²) in [4.78, 5) is 33.8. The number of rotatable bonds is 5. The monoisotopic (exact) mass is 512 g/mol. The molecule has 3 N–H and O–H groups in total. The minimum absolute atomic E-state index is 0.111. The van der Waals surface area contributed by atoms with Gasteiger partial charge in [0.2, 0.25) is 5.76 Å². The van der Waals surface area contributed by atoms with Crippen molar-refractivity contribution in [3.8, 4) is 0 Å². The first-order chi connectivity index (χ1) is 13.9. The van der Waals surface area contributed by atoms with Crippen LogP contribution in [0, 0.1) is 9.39 Å². The molecular weight excluding hydrogens is 498 g/mol. The van der Waals surface area contributed by atoms with E-state index in [1.807, 2.05) is 22.6 Å². The van der Waals surface area contributed by atoms with Crippen molar-refractivity contribution in [1.82, 2.24) is 15.4 Å². The number of nitrogens with one attached hydrogen (secondary N) is 2. The van der Waals surface area contributed by atoms with Gasteiger partial charge in [-0.3, -0.25) is 14.6 Å². The zero-order valence-electron chi connectivity index (χ0n) is 14.7. The van der Waals surface area contributed by atoms with Gasteiger partial charge in [0, 0.05) is 16.0 Å². The molecule has 2 amide bonds. The van der Waals surface area contributed by atoms with E-state index >= 15 is 0 Å². The number of hydroxylamine groups is 1. The third kappa shape index (κ3) is 3.96. The van der Waals surface area contributed by atoms with Crippen molar-refractivity contribution >= 4 is 56.9 Å². The SMILES string of the molecule is O=C(NOC1CN(C(=O)O)C1)c1oc2ccncc2c1Nc1ccc(I)cc1F. The lowest BCUT2D eigenvalue weighted by atomic mass is 10.2. The highest BCUT2D eigenvalue weighted by atomic mass is 127. The number of carbonyl (C=O) groups excluding carboxylic acids is 1. The standard InChI is InChI=1S/C18H14FIN4O5/c19-12-5-9(20)1-2-13(12)22-15-11-6-21-4-3-14(11)28-16(15)17(25)23-29-10-7-24(8-10)18(26)27/h1-6,10,22H,7-8H2,(H,23,25)(H,26,27). The van der Waals surface area contributed by atoms with E-state index < -0.39 is 23.9 Å². The molecule has 1 aliphatic rings. The van der Waals surface area contributed by atoms with Gasteiger partial charge in [0.25, 0.3) is 0 Å². The number of anilines is 2. The summed E-state index contributed by atoms with van der Waals surface area (Å²) in [5, 5.41) is 12.2. The number of furan rings is 1. The fraction of sp³-hybridized carbons (Fsp3) is 0.167. The van der Waals surface area contributed by atoms with Crippen LogP contribution in [-0.4, -0.2) is 46.2 Å². The number of benzene rings is 1. The molecule has 0 bridgehead atoms. The number of amides is 2. The topological polar surface area (TPSA) is 117 Å². The Labute approximate surface area is 176 Å². The van der Waals surface area contributed by atoms with Crippen LogP contribution in [0.25, 0.3) is 11.0 Å². The lowest BCUT2D eigenvalue weighted by Gasteiger charge is -2.35. The Morgan fingerprint density at radius 3 is 2.86 bits per heavy atom. The second-order valence-electron chi connectivity index (χ2n) is 6.29. The highest BCUT2D eigenvalue weighted by Crippen LogP contribution is 2.33. The third-order valence-electron chi connectivity index (χ3n) is 4.32. The van der Waals surface area contributed by atoms with Crippen molar-refractivity contribution < 1.29 is 28.3 Å². The van der Waals surface area contributed by atoms with Crippen LogP contribution in [0.1, 0.15) is 10.6 Å². The fourth-order valence-electron chi connectivity index (χ4n) is 2.80. The minimum atomic E-state index is -1.05. The highest BCUT2D eigenvalue weighted by Gasteiger charge is 2.33. The van der Waals surface area contributed by atoms with Gasteiger partial charge >= 0.3 is 12.0 Å². The summed E-state index contributed by atoms with van der Waals surface area (Å²) in [6.45, 7) is 0.303. The van der Waals surface area contributed by atoms with Gasteiger partial charge in [0.15, 0.2) is 0 Å². The van der Waals surface area contributed by atoms with Gasteiger partial charge in [-0.15, -0.1) is 0 Å². The number of likely N-dealkylation sites (tertiary alicyclic amines) is 1. The fourth-order valence-corrected chi connectivity index (χ4v) is 3.26. The Kier molecular flexibility index (Phi) is 5.24. The molecule has 29 heavy (non-hydrogen) atoms. The van der Waals surface area contributed by atoms with Gasteiger partial charge in [0.1, 0.15) is 23.2 Å². The Morgan fingerprint density at radius 1 is 1.34 bits per heavy atom. The van der Waals surface area contributed by atoms with Gasteiger partial charge in [-0.25, -0.2) is 14.7 Å². The van der Waals surface area contributed by atoms with Gasteiger partial charge in [0.05, 0.1) is 24.2 Å². The Bertz CT molecular complexity index is 1100. The molecule has 3 aromatic rings. The zero-order valence-corrected chi connectivity index (χ0v) is 16.8. The third-order valence-corrected chi connectivity index (χ3v) is 4.99. The summed E-state index contributed by atoms with van der Waals surface area (Å²) >= 11 is 2.00. The molecule has 11 heteroatoms. The second kappa shape index (κ2) is 7.83. The zero-order chi connectivity index (χ0) is 20.5. The largest absolute Gasteiger partial charge is 0.465 e. The van der Waals surface area contributed by atoms with E-state index in [9.17, 15) is 14.0 Å². The van der Waals surface area contributed by atoms with Crippen LogP contribution in [-0.2, 0) is 4.84 Å². The molecule has 0 atom stereocenters. The number of nitrogens with zero attached hydrogens (tertiary/aromatic N) is 2. The van der Waals surface area contributed by atoms with Crippen molar-refractivity contribution in [3.05, 3.63) is 51.8 Å². The van der Waals surface area contributed by atoms with Crippen molar-refractivity contribution in [3.63, 3.8) is 0 Å². The average Bonchev–Trinajstić information content (AvgIpc) is 3.01. The van der Waals surface area contributed by atoms with Gasteiger partial charge in [-0.2, -0.15) is 0 Å². The second-order valence-corrected chi connectivity index (χ2v) is 7.53. The van der Waals surface area contributed by atoms with Crippen molar-refractivity contribution in [1.29, 1.82) is 0 Å². The smallest absolute Gasteiger partial charge is 0.407 e. The molecule has 0 saturated carbocycles. The molecule has 150 valence electrons. The van der Waals surface area contributed by atoms with E-state index in [0.29, 0.717) is 11.0 Å². The first kappa shape index (κ1) is 19.4. The molecule has 0 spiro atoms. The van der Waals surface area contributed by atoms with Gasteiger partial charge in [-0.1, -0.05) is 0 Å². The molecule has 1 aliphatic heterocycles. The quantitative estimate of drug-likeness (QED) is 0.355.